The molecule has 1 aromatic heterocycles. The van der Waals surface area contributed by atoms with Crippen LogP contribution in [0, 0.1) is 6.92 Å². The van der Waals surface area contributed by atoms with E-state index in [2.05, 4.69) is 0 Å². The molecular formula is C21H20F3NO. The van der Waals surface area contributed by atoms with Crippen molar-refractivity contribution in [2.75, 3.05) is 0 Å². The van der Waals surface area contributed by atoms with Crippen LogP contribution >= 0.6 is 0 Å². The van der Waals surface area contributed by atoms with Gasteiger partial charge in [0.2, 0.25) is 0 Å². The Kier molecular flexibility index (Phi) is 5.18. The number of benzene rings is 2. The van der Waals surface area contributed by atoms with E-state index in [-0.39, 0.29) is 12.1 Å². The first-order valence-electron chi connectivity index (χ1n) is 8.40. The van der Waals surface area contributed by atoms with Crippen LogP contribution < -0.4 is 0 Å². The molecule has 0 spiro atoms. The Bertz CT molecular complexity index is 868. The summed E-state index contributed by atoms with van der Waals surface area (Å²) in [5, 5.41) is 10.4. The second-order valence-electron chi connectivity index (χ2n) is 6.39. The molecule has 0 aliphatic carbocycles. The van der Waals surface area contributed by atoms with Crippen LogP contribution in [0.25, 0.3) is 11.3 Å². The summed E-state index contributed by atoms with van der Waals surface area (Å²) in [7, 11) is 0. The van der Waals surface area contributed by atoms with E-state index in [1.165, 1.54) is 12.1 Å². The van der Waals surface area contributed by atoms with Crippen LogP contribution in [0.4, 0.5) is 13.2 Å². The molecule has 1 unspecified atom stereocenters. The molecule has 2 nitrogen and oxygen atoms in total. The second-order valence-corrected chi connectivity index (χ2v) is 6.39. The minimum atomic E-state index is -4.43. The first-order valence-corrected chi connectivity index (χ1v) is 8.40. The van der Waals surface area contributed by atoms with Gasteiger partial charge in [-0.3, -0.25) is 0 Å². The molecule has 1 N–H and O–H groups in total. The van der Waals surface area contributed by atoms with Crippen LogP contribution in [0.2, 0.25) is 0 Å². The zero-order chi connectivity index (χ0) is 18.7. The molecule has 0 aliphatic rings. The van der Waals surface area contributed by atoms with Crippen LogP contribution in [-0.4, -0.2) is 15.8 Å². The maximum atomic E-state index is 13.4. The number of aryl methyl sites for hydroxylation is 1. The molecule has 0 aliphatic heterocycles. The maximum Gasteiger partial charge on any atom is 0.417 e. The van der Waals surface area contributed by atoms with Crippen molar-refractivity contribution in [3.05, 3.63) is 83.6 Å². The molecule has 5 heteroatoms. The van der Waals surface area contributed by atoms with Gasteiger partial charge in [-0.25, -0.2) is 0 Å². The van der Waals surface area contributed by atoms with Crippen molar-refractivity contribution in [3.63, 3.8) is 0 Å². The average molecular weight is 359 g/mol. The third kappa shape index (κ3) is 3.99. The number of halogens is 3. The van der Waals surface area contributed by atoms with Crippen molar-refractivity contribution in [3.8, 4) is 11.3 Å². The normalized spacial score (nSPS) is 13.0. The van der Waals surface area contributed by atoms with Gasteiger partial charge >= 0.3 is 6.18 Å². The number of aliphatic hydroxyl groups is 1. The number of hydrogen-bond donors (Lipinski definition) is 1. The van der Waals surface area contributed by atoms with E-state index >= 15 is 0 Å². The van der Waals surface area contributed by atoms with Crippen molar-refractivity contribution in [1.29, 1.82) is 0 Å². The van der Waals surface area contributed by atoms with Gasteiger partial charge in [0, 0.05) is 24.7 Å². The third-order valence-electron chi connectivity index (χ3n) is 4.37. The zero-order valence-corrected chi connectivity index (χ0v) is 14.4. The van der Waals surface area contributed by atoms with E-state index in [0.717, 1.165) is 17.2 Å². The van der Waals surface area contributed by atoms with Gasteiger partial charge in [0.05, 0.1) is 17.4 Å². The fourth-order valence-electron chi connectivity index (χ4n) is 3.22. The largest absolute Gasteiger partial charge is 0.417 e. The highest BCUT2D eigenvalue weighted by atomic mass is 19.4. The Labute approximate surface area is 150 Å². The Balaban J connectivity index is 1.91. The highest BCUT2D eigenvalue weighted by Crippen LogP contribution is 2.38. The minimum Gasteiger partial charge on any atom is -0.391 e. The summed E-state index contributed by atoms with van der Waals surface area (Å²) in [5.41, 5.74) is 1.69. The molecule has 136 valence electrons. The van der Waals surface area contributed by atoms with Gasteiger partial charge in [0.25, 0.3) is 0 Å². The molecule has 0 bridgehead atoms. The van der Waals surface area contributed by atoms with E-state index in [9.17, 15) is 18.3 Å². The topological polar surface area (TPSA) is 25.2 Å². The molecule has 0 saturated heterocycles. The first kappa shape index (κ1) is 18.3. The van der Waals surface area contributed by atoms with E-state index in [0.29, 0.717) is 12.1 Å². The van der Waals surface area contributed by atoms with Crippen LogP contribution in [0.3, 0.4) is 0 Å². The molecule has 3 rings (SSSR count). The number of alkyl halides is 3. The SMILES string of the molecule is Cc1ccn(CC(O)Cc2ccccc2)c1-c1ccccc1C(F)(F)F. The van der Waals surface area contributed by atoms with E-state index in [1.807, 2.05) is 30.3 Å². The number of aliphatic hydroxyl groups excluding tert-OH is 1. The Morgan fingerprint density at radius 3 is 2.31 bits per heavy atom. The number of nitrogens with zero attached hydrogens (tertiary/aromatic N) is 1. The number of rotatable bonds is 5. The Hall–Kier alpha value is -2.53. The molecule has 0 fully saturated rings. The Morgan fingerprint density at radius 2 is 1.62 bits per heavy atom. The van der Waals surface area contributed by atoms with Crippen molar-refractivity contribution in [2.45, 2.75) is 32.2 Å². The lowest BCUT2D eigenvalue weighted by Crippen LogP contribution is -2.19. The van der Waals surface area contributed by atoms with Crippen molar-refractivity contribution < 1.29 is 18.3 Å². The lowest BCUT2D eigenvalue weighted by Gasteiger charge is -2.18. The molecule has 1 atom stereocenters. The van der Waals surface area contributed by atoms with E-state index in [4.69, 9.17) is 0 Å². The van der Waals surface area contributed by atoms with Gasteiger partial charge in [-0.15, -0.1) is 0 Å². The molecule has 2 aromatic carbocycles. The Morgan fingerprint density at radius 1 is 0.962 bits per heavy atom. The van der Waals surface area contributed by atoms with E-state index < -0.39 is 17.8 Å². The summed E-state index contributed by atoms with van der Waals surface area (Å²) in [6, 6.07) is 16.9. The summed E-state index contributed by atoms with van der Waals surface area (Å²) < 4.78 is 41.9. The number of aromatic nitrogens is 1. The fourth-order valence-corrected chi connectivity index (χ4v) is 3.22. The smallest absolute Gasteiger partial charge is 0.391 e. The highest BCUT2D eigenvalue weighted by Gasteiger charge is 2.34. The van der Waals surface area contributed by atoms with Crippen molar-refractivity contribution in [2.24, 2.45) is 0 Å². The third-order valence-corrected chi connectivity index (χ3v) is 4.37. The minimum absolute atomic E-state index is 0.134. The molecule has 1 heterocycles. The van der Waals surface area contributed by atoms with Crippen LogP contribution in [0.15, 0.2) is 66.9 Å². The quantitative estimate of drug-likeness (QED) is 0.675. The average Bonchev–Trinajstić information content (AvgIpc) is 2.95. The fraction of sp³-hybridized carbons (Fsp3) is 0.238. The van der Waals surface area contributed by atoms with Crippen molar-refractivity contribution in [1.82, 2.24) is 4.57 Å². The summed E-state index contributed by atoms with van der Waals surface area (Å²) in [5.74, 6) is 0. The van der Waals surface area contributed by atoms with Gasteiger partial charge in [-0.1, -0.05) is 48.5 Å². The lowest BCUT2D eigenvalue weighted by atomic mass is 10.0. The molecular weight excluding hydrogens is 339 g/mol. The molecule has 3 aromatic rings. The predicted molar refractivity (Wildman–Crippen MR) is 95.8 cm³/mol. The summed E-state index contributed by atoms with van der Waals surface area (Å²) in [6.45, 7) is 2.01. The molecule has 26 heavy (non-hydrogen) atoms. The summed E-state index contributed by atoms with van der Waals surface area (Å²) in [4.78, 5) is 0. The monoisotopic (exact) mass is 359 g/mol. The van der Waals surface area contributed by atoms with Gasteiger partial charge in [0.1, 0.15) is 0 Å². The van der Waals surface area contributed by atoms with Crippen molar-refractivity contribution >= 4 is 0 Å². The van der Waals surface area contributed by atoms with Gasteiger partial charge in [0.15, 0.2) is 0 Å². The molecule has 0 amide bonds. The van der Waals surface area contributed by atoms with Crippen LogP contribution in [0.5, 0.6) is 0 Å². The van der Waals surface area contributed by atoms with E-state index in [1.54, 1.807) is 29.8 Å². The summed E-state index contributed by atoms with van der Waals surface area (Å²) >= 11 is 0. The van der Waals surface area contributed by atoms with Gasteiger partial charge < -0.3 is 9.67 Å². The van der Waals surface area contributed by atoms with Gasteiger partial charge in [-0.2, -0.15) is 13.2 Å². The maximum absolute atomic E-state index is 13.4. The number of hydrogen-bond acceptors (Lipinski definition) is 1. The summed E-state index contributed by atoms with van der Waals surface area (Å²) in [6.07, 6.45) is -2.95. The van der Waals surface area contributed by atoms with Gasteiger partial charge in [-0.05, 0) is 30.2 Å². The van der Waals surface area contributed by atoms with Crippen LogP contribution in [0.1, 0.15) is 16.7 Å². The predicted octanol–water partition coefficient (Wildman–Crippen LogP) is 5.09. The molecule has 0 radical (unpaired) electrons. The highest BCUT2D eigenvalue weighted by molar-refractivity contribution is 5.68. The standard InChI is InChI=1S/C21H20F3NO/c1-15-11-12-25(14-17(26)13-16-7-3-2-4-8-16)20(15)18-9-5-6-10-19(18)21(22,23)24/h2-12,17,26H,13-14H2,1H3. The first-order chi connectivity index (χ1) is 12.4. The lowest BCUT2D eigenvalue weighted by molar-refractivity contribution is -0.137. The second kappa shape index (κ2) is 7.38. The molecule has 0 saturated carbocycles. The van der Waals surface area contributed by atoms with Crippen LogP contribution in [-0.2, 0) is 19.1 Å². The zero-order valence-electron chi connectivity index (χ0n) is 14.4.